The Kier molecular flexibility index (Phi) is 11.4. The second-order valence-corrected chi connectivity index (χ2v) is 40.4. The Morgan fingerprint density at radius 3 is 1.36 bits per heavy atom. The molecule has 3 aromatic heterocycles. The number of hydrogen-bond donors (Lipinski definition) is 0. The van der Waals surface area contributed by atoms with E-state index in [1.807, 2.05) is 0 Å². The molecule has 0 atom stereocenters. The summed E-state index contributed by atoms with van der Waals surface area (Å²) in [6.07, 6.45) is 0. The van der Waals surface area contributed by atoms with E-state index in [2.05, 4.69) is 313 Å². The third kappa shape index (κ3) is 7.80. The van der Waals surface area contributed by atoms with Gasteiger partial charge in [-0.15, -0.1) is 0 Å². The molecule has 9 aromatic carbocycles. The molecular weight excluding hydrogens is 1110 g/mol. The summed E-state index contributed by atoms with van der Waals surface area (Å²) in [6, 6.07) is 56.5. The molecule has 460 valence electrons. The second kappa shape index (κ2) is 17.7. The largest absolute Gasteiger partial charge is 0.310 e. The molecule has 5 heteroatoms. The Morgan fingerprint density at radius 1 is 0.308 bits per heavy atom. The van der Waals surface area contributed by atoms with E-state index in [1.165, 1.54) is 160 Å². The predicted molar refractivity (Wildman–Crippen MR) is 400 cm³/mol. The molecule has 3 nitrogen and oxygen atoms in total. The van der Waals surface area contributed by atoms with Gasteiger partial charge in [0.05, 0.1) is 27.6 Å². The molecule has 0 bridgehead atoms. The van der Waals surface area contributed by atoms with Crippen LogP contribution >= 0.6 is 0 Å². The van der Waals surface area contributed by atoms with E-state index in [1.54, 1.807) is 15.6 Å². The van der Waals surface area contributed by atoms with Crippen molar-refractivity contribution in [3.8, 4) is 28.2 Å². The highest BCUT2D eigenvalue weighted by atomic mass is 28.3. The van der Waals surface area contributed by atoms with E-state index in [4.69, 9.17) is 0 Å². The number of fused-ring (bicyclic) bond motifs is 18. The lowest BCUT2D eigenvalue weighted by Gasteiger charge is -2.43. The van der Waals surface area contributed by atoms with Crippen molar-refractivity contribution in [1.29, 1.82) is 0 Å². The minimum Gasteiger partial charge on any atom is -0.310 e. The highest BCUT2D eigenvalue weighted by Crippen LogP contribution is 2.51. The minimum atomic E-state index is -3.27. The van der Waals surface area contributed by atoms with Gasteiger partial charge in [-0.3, -0.25) is 0 Å². The van der Waals surface area contributed by atoms with E-state index in [0.717, 1.165) is 0 Å². The standard InChI is InChI=1S/C86H94BN3Si/c1-79(2,3)47-26-25-27-54(36-47)88-64-41-48(80(4,5)6)30-33-57(64)71-66(88)46-62-77-73(71)72-60(86(22,23)24)39-53(85(19,20)21)42-65(72)89(77)63-34-35-67-78-74(63)87(62)61-40-51(83(13,14)15)37-58-59-38-52(84(16,17)18)45-70(76(59)90(78)75(58)61)91(67)68-43-49(81(7,8)9)28-31-55(68)56-32-29-50(44-69(56)91)82(10,11)12/h25-46H,1-24H3. The average Bonchev–Trinajstić information content (AvgIpc) is 1.53. The van der Waals surface area contributed by atoms with Gasteiger partial charge in [-0.05, 0) is 185 Å². The first-order valence-corrected chi connectivity index (χ1v) is 36.1. The molecule has 0 radical (unpaired) electrons. The van der Waals surface area contributed by atoms with Crippen LogP contribution in [-0.2, 0) is 43.3 Å². The first-order valence-electron chi connectivity index (χ1n) is 34.1. The zero-order chi connectivity index (χ0) is 64.8. The lowest BCUT2D eigenvalue weighted by Crippen LogP contribution is -2.77. The fraction of sp³-hybridized carbons (Fsp3) is 0.372. The molecule has 0 fully saturated rings. The molecule has 0 amide bonds. The summed E-state index contributed by atoms with van der Waals surface area (Å²) < 4.78 is 8.41. The first kappa shape index (κ1) is 58.7. The number of aromatic nitrogens is 3. The van der Waals surface area contributed by atoms with Gasteiger partial charge in [0, 0.05) is 54.9 Å². The monoisotopic (exact) mass is 1210 g/mol. The summed E-state index contributed by atoms with van der Waals surface area (Å²) in [5, 5.41) is 14.4. The normalized spacial score (nSPS) is 15.3. The van der Waals surface area contributed by atoms with Gasteiger partial charge < -0.3 is 13.7 Å². The van der Waals surface area contributed by atoms with Crippen LogP contribution < -0.4 is 37.1 Å². The lowest BCUT2D eigenvalue weighted by molar-refractivity contribution is 0.573. The number of hydrogen-bond acceptors (Lipinski definition) is 0. The van der Waals surface area contributed by atoms with Gasteiger partial charge in [0.15, 0.2) is 8.07 Å². The van der Waals surface area contributed by atoms with E-state index in [9.17, 15) is 0 Å². The zero-order valence-electron chi connectivity index (χ0n) is 59.1. The Hall–Kier alpha value is -7.34. The van der Waals surface area contributed by atoms with Crippen molar-refractivity contribution in [2.45, 2.75) is 209 Å². The second-order valence-electron chi connectivity index (χ2n) is 36.8. The van der Waals surface area contributed by atoms with Crippen molar-refractivity contribution >= 4 is 117 Å². The van der Waals surface area contributed by atoms with Crippen LogP contribution in [0.3, 0.4) is 0 Å². The quantitative estimate of drug-likeness (QED) is 0.146. The van der Waals surface area contributed by atoms with Gasteiger partial charge in [0.1, 0.15) is 0 Å². The molecule has 7 heterocycles. The summed E-state index contributed by atoms with van der Waals surface area (Å²) in [5.74, 6) is 0. The van der Waals surface area contributed by atoms with Crippen molar-refractivity contribution in [1.82, 2.24) is 13.7 Å². The van der Waals surface area contributed by atoms with Crippen molar-refractivity contribution in [3.63, 3.8) is 0 Å². The maximum Gasteiger partial charge on any atom is 0.252 e. The van der Waals surface area contributed by atoms with Crippen molar-refractivity contribution in [2.75, 3.05) is 0 Å². The molecule has 16 rings (SSSR count). The van der Waals surface area contributed by atoms with Crippen LogP contribution in [0.5, 0.6) is 0 Å². The molecule has 91 heavy (non-hydrogen) atoms. The van der Waals surface area contributed by atoms with Crippen LogP contribution in [0.25, 0.3) is 93.6 Å². The third-order valence-corrected chi connectivity index (χ3v) is 27.2. The van der Waals surface area contributed by atoms with E-state index in [-0.39, 0.29) is 50.0 Å². The molecule has 12 aromatic rings. The Balaban J connectivity index is 1.20. The first-order chi connectivity index (χ1) is 42.2. The molecule has 0 unspecified atom stereocenters. The van der Waals surface area contributed by atoms with Crippen molar-refractivity contribution in [2.24, 2.45) is 0 Å². The van der Waals surface area contributed by atoms with Gasteiger partial charge in [0.25, 0.3) is 6.71 Å². The molecule has 0 aliphatic carbocycles. The van der Waals surface area contributed by atoms with Crippen molar-refractivity contribution in [3.05, 3.63) is 178 Å². The van der Waals surface area contributed by atoms with Crippen LogP contribution in [0, 0.1) is 0 Å². The molecule has 0 saturated carbocycles. The lowest BCUT2D eigenvalue weighted by atomic mass is 9.34. The fourth-order valence-electron chi connectivity index (χ4n) is 17.2. The van der Waals surface area contributed by atoms with E-state index < -0.39 is 8.07 Å². The summed E-state index contributed by atoms with van der Waals surface area (Å²) in [7, 11) is -3.27. The maximum atomic E-state index is 2.88. The Labute approximate surface area is 543 Å². The van der Waals surface area contributed by atoms with E-state index in [0.29, 0.717) is 0 Å². The Morgan fingerprint density at radius 2 is 0.791 bits per heavy atom. The van der Waals surface area contributed by atoms with Crippen LogP contribution in [0.4, 0.5) is 0 Å². The predicted octanol–water partition coefficient (Wildman–Crippen LogP) is 18.2. The van der Waals surface area contributed by atoms with Gasteiger partial charge >= 0.3 is 0 Å². The molecule has 0 saturated heterocycles. The van der Waals surface area contributed by atoms with Gasteiger partial charge in [-0.2, -0.15) is 0 Å². The molecule has 4 aliphatic heterocycles. The number of nitrogens with zero attached hydrogens (tertiary/aromatic N) is 3. The number of rotatable bonds is 1. The maximum absolute atomic E-state index is 3.27. The van der Waals surface area contributed by atoms with Gasteiger partial charge in [-0.25, -0.2) is 0 Å². The summed E-state index contributed by atoms with van der Waals surface area (Å²) in [5.41, 5.74) is 29.4. The topological polar surface area (TPSA) is 14.8 Å². The average molecular weight is 1210 g/mol. The van der Waals surface area contributed by atoms with Crippen LogP contribution in [0.2, 0.25) is 0 Å². The smallest absolute Gasteiger partial charge is 0.252 e. The van der Waals surface area contributed by atoms with Crippen molar-refractivity contribution < 1.29 is 0 Å². The molecule has 1 spiro atoms. The summed E-state index contributed by atoms with van der Waals surface area (Å²) in [4.78, 5) is 0. The summed E-state index contributed by atoms with van der Waals surface area (Å²) >= 11 is 0. The highest BCUT2D eigenvalue weighted by molar-refractivity contribution is 7.24. The number of benzene rings is 9. The van der Waals surface area contributed by atoms with E-state index >= 15 is 0 Å². The minimum absolute atomic E-state index is 0.0473. The zero-order valence-corrected chi connectivity index (χ0v) is 60.1. The fourth-order valence-corrected chi connectivity index (χ4v) is 22.8. The molecule has 4 aliphatic rings. The van der Waals surface area contributed by atoms with Crippen LogP contribution in [0.1, 0.15) is 211 Å². The summed E-state index contributed by atoms with van der Waals surface area (Å²) in [6.45, 7) is 57.9. The van der Waals surface area contributed by atoms with Gasteiger partial charge in [0.2, 0.25) is 0 Å². The SMILES string of the molecule is CC(C)(C)c1cccc(-n2c3cc(C(C)(C)C)ccc3c3c4c5c(C(C)(C)C)cc(C(C)(C)C)cc5n5c4c(cc32)B2c3c-5ccc4c3-n3c5c2cc(C(C)(C)C)cc5c2cc(C(C)(C)C)cc(c23)[Si]42c3cc(C(C)(C)C)ccc3-c3ccc(C(C)(C)C)cc32)c1. The molecule has 0 N–H and O–H groups in total. The van der Waals surface area contributed by atoms with Crippen LogP contribution in [0.15, 0.2) is 133 Å². The molecular formula is C86H94BN3Si. The third-order valence-electron chi connectivity index (χ3n) is 22.4. The Bertz CT molecular complexity index is 5230. The van der Waals surface area contributed by atoms with Gasteiger partial charge in [-0.1, -0.05) is 251 Å². The highest BCUT2D eigenvalue weighted by Gasteiger charge is 2.57. The van der Waals surface area contributed by atoms with Crippen LogP contribution in [-0.4, -0.2) is 28.5 Å².